The molecule has 3 nitrogen and oxygen atoms in total. The summed E-state index contributed by atoms with van der Waals surface area (Å²) in [5, 5.41) is 0. The van der Waals surface area contributed by atoms with Crippen LogP contribution in [0.4, 0.5) is 0 Å². The molecule has 1 aliphatic rings. The summed E-state index contributed by atoms with van der Waals surface area (Å²) >= 11 is 8.92. The molecule has 3 rings (SSSR count). The minimum Gasteiger partial charge on any atom is -0.331 e. The van der Waals surface area contributed by atoms with Gasteiger partial charge in [-0.25, -0.2) is 0 Å². The standard InChI is InChI=1S/C14H18BrN3S/c15-11-4-5-13-12(10-11)16-14(19)18(13)9-3-8-17-6-1-2-7-17/h4-5,10H,1-3,6-9H2,(H,16,19). The van der Waals surface area contributed by atoms with Crippen LogP contribution in [0.15, 0.2) is 22.7 Å². The predicted octanol–water partition coefficient (Wildman–Crippen LogP) is 3.95. The number of likely N-dealkylation sites (tertiary alicyclic amines) is 1. The maximum Gasteiger partial charge on any atom is 0.178 e. The van der Waals surface area contributed by atoms with Crippen LogP contribution in [0.5, 0.6) is 0 Å². The Bertz CT molecular complexity index is 625. The Labute approximate surface area is 126 Å². The van der Waals surface area contributed by atoms with Crippen LogP contribution in [-0.2, 0) is 6.54 Å². The SMILES string of the molecule is S=c1[nH]c2cc(Br)ccc2n1CCCN1CCCC1. The molecule has 0 bridgehead atoms. The molecule has 1 aliphatic heterocycles. The van der Waals surface area contributed by atoms with Gasteiger partial charge in [0.1, 0.15) is 0 Å². The fourth-order valence-electron chi connectivity index (χ4n) is 2.82. The molecule has 1 N–H and O–H groups in total. The molecule has 2 aromatic rings. The molecular formula is C14H18BrN3S. The number of imidazole rings is 1. The number of fused-ring (bicyclic) bond motifs is 1. The molecule has 5 heteroatoms. The first kappa shape index (κ1) is 13.3. The van der Waals surface area contributed by atoms with Crippen LogP contribution in [0, 0.1) is 4.77 Å². The zero-order valence-electron chi connectivity index (χ0n) is 10.9. The van der Waals surface area contributed by atoms with Gasteiger partial charge in [-0.15, -0.1) is 0 Å². The maximum atomic E-state index is 5.42. The summed E-state index contributed by atoms with van der Waals surface area (Å²) in [6.45, 7) is 4.72. The summed E-state index contributed by atoms with van der Waals surface area (Å²) < 4.78 is 4.13. The highest BCUT2D eigenvalue weighted by Crippen LogP contribution is 2.20. The van der Waals surface area contributed by atoms with E-state index in [-0.39, 0.29) is 0 Å². The molecule has 19 heavy (non-hydrogen) atoms. The minimum absolute atomic E-state index is 0.828. The van der Waals surface area contributed by atoms with Crippen molar-refractivity contribution in [1.29, 1.82) is 0 Å². The second-order valence-electron chi connectivity index (χ2n) is 5.15. The van der Waals surface area contributed by atoms with Crippen LogP contribution in [-0.4, -0.2) is 34.1 Å². The van der Waals surface area contributed by atoms with E-state index < -0.39 is 0 Å². The quantitative estimate of drug-likeness (QED) is 0.852. The van der Waals surface area contributed by atoms with Crippen molar-refractivity contribution < 1.29 is 0 Å². The molecular weight excluding hydrogens is 322 g/mol. The Morgan fingerprint density at radius 2 is 2.00 bits per heavy atom. The molecule has 1 saturated heterocycles. The third-order valence-corrected chi connectivity index (χ3v) is 4.61. The van der Waals surface area contributed by atoms with Crippen molar-refractivity contribution in [1.82, 2.24) is 14.5 Å². The van der Waals surface area contributed by atoms with Crippen LogP contribution in [0.2, 0.25) is 0 Å². The topological polar surface area (TPSA) is 24.0 Å². The number of H-pyrrole nitrogens is 1. The molecule has 0 aliphatic carbocycles. The van der Waals surface area contributed by atoms with Crippen molar-refractivity contribution in [2.24, 2.45) is 0 Å². The van der Waals surface area contributed by atoms with Crippen molar-refractivity contribution in [3.8, 4) is 0 Å². The number of aromatic nitrogens is 2. The van der Waals surface area contributed by atoms with Gasteiger partial charge in [0.25, 0.3) is 0 Å². The number of rotatable bonds is 4. The van der Waals surface area contributed by atoms with Gasteiger partial charge in [-0.05, 0) is 69.3 Å². The number of halogens is 1. The van der Waals surface area contributed by atoms with Crippen LogP contribution < -0.4 is 0 Å². The van der Waals surface area contributed by atoms with Gasteiger partial charge in [0.05, 0.1) is 11.0 Å². The van der Waals surface area contributed by atoms with E-state index in [2.05, 4.69) is 48.6 Å². The van der Waals surface area contributed by atoms with Gasteiger partial charge >= 0.3 is 0 Å². The maximum absolute atomic E-state index is 5.42. The van der Waals surface area contributed by atoms with Crippen molar-refractivity contribution in [2.75, 3.05) is 19.6 Å². The lowest BCUT2D eigenvalue weighted by molar-refractivity contribution is 0.326. The van der Waals surface area contributed by atoms with Crippen LogP contribution in [0.1, 0.15) is 19.3 Å². The third kappa shape index (κ3) is 2.93. The Morgan fingerprint density at radius 3 is 2.79 bits per heavy atom. The zero-order chi connectivity index (χ0) is 13.2. The lowest BCUT2D eigenvalue weighted by Crippen LogP contribution is -2.21. The molecule has 1 fully saturated rings. The Hall–Kier alpha value is -0.650. The Kier molecular flexibility index (Phi) is 4.05. The van der Waals surface area contributed by atoms with Crippen LogP contribution >= 0.6 is 28.1 Å². The van der Waals surface area contributed by atoms with Crippen LogP contribution in [0.3, 0.4) is 0 Å². The van der Waals surface area contributed by atoms with Gasteiger partial charge in [-0.3, -0.25) is 0 Å². The summed E-state index contributed by atoms with van der Waals surface area (Å²) in [6.07, 6.45) is 3.89. The highest BCUT2D eigenvalue weighted by Gasteiger charge is 2.11. The molecule has 0 radical (unpaired) electrons. The van der Waals surface area contributed by atoms with Gasteiger partial charge in [-0.1, -0.05) is 15.9 Å². The normalized spacial score (nSPS) is 16.5. The number of nitrogens with one attached hydrogen (secondary N) is 1. The highest BCUT2D eigenvalue weighted by molar-refractivity contribution is 9.10. The predicted molar refractivity (Wildman–Crippen MR) is 85.1 cm³/mol. The van der Waals surface area contributed by atoms with E-state index in [9.17, 15) is 0 Å². The number of aryl methyl sites for hydroxylation is 1. The number of nitrogens with zero attached hydrogens (tertiary/aromatic N) is 2. The monoisotopic (exact) mass is 339 g/mol. The van der Waals surface area contributed by atoms with Gasteiger partial charge in [0, 0.05) is 11.0 Å². The highest BCUT2D eigenvalue weighted by atomic mass is 79.9. The number of hydrogen-bond acceptors (Lipinski definition) is 2. The van der Waals surface area contributed by atoms with Crippen molar-refractivity contribution in [2.45, 2.75) is 25.8 Å². The summed E-state index contributed by atoms with van der Waals surface area (Å²) in [5.41, 5.74) is 2.31. The van der Waals surface area contributed by atoms with Crippen molar-refractivity contribution >= 4 is 39.2 Å². The molecule has 2 heterocycles. The smallest absolute Gasteiger partial charge is 0.178 e. The number of benzene rings is 1. The fourth-order valence-corrected chi connectivity index (χ4v) is 3.48. The van der Waals surface area contributed by atoms with E-state index in [0.29, 0.717) is 0 Å². The van der Waals surface area contributed by atoms with Crippen molar-refractivity contribution in [3.05, 3.63) is 27.4 Å². The summed E-state index contributed by atoms with van der Waals surface area (Å²) in [4.78, 5) is 5.83. The first-order valence-electron chi connectivity index (χ1n) is 6.84. The Morgan fingerprint density at radius 1 is 1.21 bits per heavy atom. The number of hydrogen-bond donors (Lipinski definition) is 1. The molecule has 0 atom stereocenters. The largest absolute Gasteiger partial charge is 0.331 e. The van der Waals surface area contributed by atoms with Gasteiger partial charge in [0.2, 0.25) is 0 Å². The summed E-state index contributed by atoms with van der Waals surface area (Å²) in [5.74, 6) is 0. The van der Waals surface area contributed by atoms with E-state index >= 15 is 0 Å². The van der Waals surface area contributed by atoms with E-state index in [1.807, 2.05) is 0 Å². The zero-order valence-corrected chi connectivity index (χ0v) is 13.3. The lowest BCUT2D eigenvalue weighted by atomic mass is 10.3. The van der Waals surface area contributed by atoms with E-state index in [1.54, 1.807) is 0 Å². The average molecular weight is 340 g/mol. The molecule has 0 unspecified atom stereocenters. The molecule has 102 valence electrons. The van der Waals surface area contributed by atoms with Gasteiger partial charge in [0.15, 0.2) is 4.77 Å². The lowest BCUT2D eigenvalue weighted by Gasteiger charge is -2.14. The second-order valence-corrected chi connectivity index (χ2v) is 6.45. The van der Waals surface area contributed by atoms with E-state index in [1.165, 1.54) is 38.0 Å². The molecule has 0 saturated carbocycles. The third-order valence-electron chi connectivity index (χ3n) is 3.79. The summed E-state index contributed by atoms with van der Waals surface area (Å²) in [7, 11) is 0. The molecule has 1 aromatic carbocycles. The molecule has 1 aromatic heterocycles. The van der Waals surface area contributed by atoms with Gasteiger partial charge < -0.3 is 14.5 Å². The number of aromatic amines is 1. The Balaban J connectivity index is 1.73. The average Bonchev–Trinajstić information content (AvgIpc) is 2.98. The van der Waals surface area contributed by atoms with Crippen molar-refractivity contribution in [3.63, 3.8) is 0 Å². The first-order chi connectivity index (χ1) is 9.24. The first-order valence-corrected chi connectivity index (χ1v) is 8.04. The fraction of sp³-hybridized carbons (Fsp3) is 0.500. The van der Waals surface area contributed by atoms with E-state index in [0.717, 1.165) is 27.7 Å². The van der Waals surface area contributed by atoms with E-state index in [4.69, 9.17) is 12.2 Å². The molecule has 0 amide bonds. The molecule has 0 spiro atoms. The summed E-state index contributed by atoms with van der Waals surface area (Å²) in [6, 6.07) is 6.28. The van der Waals surface area contributed by atoms with Gasteiger partial charge in [-0.2, -0.15) is 0 Å². The second kappa shape index (κ2) is 5.77. The minimum atomic E-state index is 0.828. The van der Waals surface area contributed by atoms with Crippen LogP contribution in [0.25, 0.3) is 11.0 Å².